The van der Waals surface area contributed by atoms with E-state index in [1.165, 1.54) is 24.3 Å². The van der Waals surface area contributed by atoms with Crippen LogP contribution in [0.25, 0.3) is 0 Å². The van der Waals surface area contributed by atoms with Gasteiger partial charge in [-0.2, -0.15) is 13.2 Å². The van der Waals surface area contributed by atoms with Crippen molar-refractivity contribution in [3.63, 3.8) is 0 Å². The molecule has 1 aliphatic heterocycles. The Hall–Kier alpha value is -2.48. The molecule has 0 bridgehead atoms. The van der Waals surface area contributed by atoms with Crippen LogP contribution in [0.15, 0.2) is 48.5 Å². The van der Waals surface area contributed by atoms with Gasteiger partial charge in [0.25, 0.3) is 0 Å². The van der Waals surface area contributed by atoms with E-state index in [-0.39, 0.29) is 36.4 Å². The summed E-state index contributed by atoms with van der Waals surface area (Å²) in [5.74, 6) is -1.34. The number of hydrogen-bond donors (Lipinski definition) is 2. The molecule has 2 aromatic carbocycles. The van der Waals surface area contributed by atoms with Crippen molar-refractivity contribution in [1.29, 1.82) is 0 Å². The van der Waals surface area contributed by atoms with E-state index >= 15 is 0 Å². The lowest BCUT2D eigenvalue weighted by Gasteiger charge is -2.29. The first-order valence-corrected chi connectivity index (χ1v) is 12.2. The third kappa shape index (κ3) is 7.50. The first kappa shape index (κ1) is 27.1. The van der Waals surface area contributed by atoms with Crippen LogP contribution in [0.3, 0.4) is 0 Å². The van der Waals surface area contributed by atoms with Crippen LogP contribution in [0.4, 0.5) is 22.0 Å². The zero-order chi connectivity index (χ0) is 25.5. The minimum atomic E-state index is -3.98. The molecule has 8 heteroatoms. The van der Waals surface area contributed by atoms with Gasteiger partial charge >= 0.3 is 6.18 Å². The first-order chi connectivity index (χ1) is 16.6. The molecule has 2 aromatic rings. The van der Waals surface area contributed by atoms with E-state index in [2.05, 4.69) is 17.6 Å². The van der Waals surface area contributed by atoms with Gasteiger partial charge < -0.3 is 10.6 Å². The second-order valence-corrected chi connectivity index (χ2v) is 9.67. The maximum atomic E-state index is 13.3. The Morgan fingerprint density at radius 1 is 1.03 bits per heavy atom. The maximum absolute atomic E-state index is 13.3. The largest absolute Gasteiger partial charge is 0.393 e. The molecule has 2 unspecified atom stereocenters. The normalized spacial score (nSPS) is 20.1. The summed E-state index contributed by atoms with van der Waals surface area (Å²) in [5.41, 5.74) is 1.42. The quantitative estimate of drug-likeness (QED) is 0.487. The average Bonchev–Trinajstić information content (AvgIpc) is 3.53. The van der Waals surface area contributed by atoms with Crippen molar-refractivity contribution in [2.75, 3.05) is 19.6 Å². The van der Waals surface area contributed by atoms with E-state index in [9.17, 15) is 26.7 Å². The highest BCUT2D eigenvalue weighted by Crippen LogP contribution is 2.41. The molecular formula is C27H33F5N2O. The number of hydrogen-bond acceptors (Lipinski definition) is 2. The zero-order valence-corrected chi connectivity index (χ0v) is 19.9. The van der Waals surface area contributed by atoms with E-state index in [0.717, 1.165) is 43.2 Å². The lowest BCUT2D eigenvalue weighted by atomic mass is 9.78. The highest BCUT2D eigenvalue weighted by Gasteiger charge is 2.42. The Labute approximate surface area is 203 Å². The van der Waals surface area contributed by atoms with Gasteiger partial charge in [-0.3, -0.25) is 4.79 Å². The van der Waals surface area contributed by atoms with Crippen molar-refractivity contribution in [3.8, 4) is 0 Å². The van der Waals surface area contributed by atoms with Gasteiger partial charge in [-0.05, 0) is 73.5 Å². The number of benzene rings is 2. The molecule has 0 aromatic heterocycles. The number of alkyl halides is 3. The lowest BCUT2D eigenvalue weighted by molar-refractivity contribution is -0.168. The van der Waals surface area contributed by atoms with Gasteiger partial charge in [-0.15, -0.1) is 0 Å². The summed E-state index contributed by atoms with van der Waals surface area (Å²) in [6.07, 6.45) is 0.663. The molecule has 0 spiro atoms. The van der Waals surface area contributed by atoms with Gasteiger partial charge in [-0.1, -0.05) is 44.0 Å². The van der Waals surface area contributed by atoms with Crippen molar-refractivity contribution < 1.29 is 26.7 Å². The summed E-state index contributed by atoms with van der Waals surface area (Å²) in [4.78, 5) is 13.0. The predicted molar refractivity (Wildman–Crippen MR) is 126 cm³/mol. The van der Waals surface area contributed by atoms with Crippen LogP contribution < -0.4 is 10.6 Å². The van der Waals surface area contributed by atoms with Gasteiger partial charge in [0.15, 0.2) is 0 Å². The molecule has 1 heterocycles. The van der Waals surface area contributed by atoms with Crippen LogP contribution in [0.5, 0.6) is 0 Å². The first-order valence-electron chi connectivity index (χ1n) is 12.2. The van der Waals surface area contributed by atoms with E-state index in [4.69, 9.17) is 0 Å². The minimum absolute atomic E-state index is 0.0348. The van der Waals surface area contributed by atoms with Crippen LogP contribution in [0.2, 0.25) is 0 Å². The number of carbonyl (C=O) groups is 1. The summed E-state index contributed by atoms with van der Waals surface area (Å²) in [6, 6.07) is 12.8. The Kier molecular flexibility index (Phi) is 9.27. The zero-order valence-electron chi connectivity index (χ0n) is 19.9. The van der Waals surface area contributed by atoms with Crippen molar-refractivity contribution in [2.24, 2.45) is 11.8 Å². The monoisotopic (exact) mass is 496 g/mol. The molecule has 2 aliphatic rings. The van der Waals surface area contributed by atoms with E-state index in [0.29, 0.717) is 13.1 Å². The van der Waals surface area contributed by atoms with Gasteiger partial charge in [0.2, 0.25) is 5.91 Å². The van der Waals surface area contributed by atoms with Crippen LogP contribution >= 0.6 is 0 Å². The summed E-state index contributed by atoms with van der Waals surface area (Å²) in [7, 11) is 0. The standard InChI is InChI=1S/C22H25F2NO.C5H8F3N/c1-16(14-17-4-8-19(23)9-5-17)15-25-21(26)22(12-2-3-13-22)18-6-10-20(24)11-7-18;6-5(7,8)4-1-2-9-3-4/h4-11,16H,2-3,12-15H2,1H3,(H,25,26);4,9H,1-3H2. The number of rotatable bonds is 6. The number of amides is 1. The fraction of sp³-hybridized carbons (Fsp3) is 0.519. The molecule has 1 aliphatic carbocycles. The van der Waals surface area contributed by atoms with Crippen LogP contribution in [-0.4, -0.2) is 31.7 Å². The van der Waals surface area contributed by atoms with Crippen LogP contribution in [0.1, 0.15) is 50.2 Å². The SMILES string of the molecule is CC(CNC(=O)C1(c2ccc(F)cc2)CCCC1)Cc1ccc(F)cc1.FC(F)(F)C1CCNC1. The molecule has 2 fully saturated rings. The highest BCUT2D eigenvalue weighted by atomic mass is 19.4. The molecular weight excluding hydrogens is 463 g/mol. The summed E-state index contributed by atoms with van der Waals surface area (Å²) in [6.45, 7) is 3.25. The van der Waals surface area contributed by atoms with E-state index in [1.807, 2.05) is 0 Å². The van der Waals surface area contributed by atoms with Crippen molar-refractivity contribution in [1.82, 2.24) is 10.6 Å². The third-order valence-corrected chi connectivity index (χ3v) is 6.92. The molecule has 192 valence electrons. The third-order valence-electron chi connectivity index (χ3n) is 6.92. The summed E-state index contributed by atoms with van der Waals surface area (Å²) in [5, 5.41) is 5.76. The molecule has 2 atom stereocenters. The van der Waals surface area contributed by atoms with Gasteiger partial charge in [-0.25, -0.2) is 8.78 Å². The van der Waals surface area contributed by atoms with Crippen LogP contribution in [-0.2, 0) is 16.6 Å². The van der Waals surface area contributed by atoms with E-state index < -0.39 is 17.5 Å². The van der Waals surface area contributed by atoms with Crippen LogP contribution in [0, 0.1) is 23.5 Å². The second kappa shape index (κ2) is 12.0. The molecule has 1 amide bonds. The highest BCUT2D eigenvalue weighted by molar-refractivity contribution is 5.88. The molecule has 2 N–H and O–H groups in total. The molecule has 1 saturated heterocycles. The van der Waals surface area contributed by atoms with Gasteiger partial charge in [0.1, 0.15) is 11.6 Å². The summed E-state index contributed by atoms with van der Waals surface area (Å²) >= 11 is 0. The minimum Gasteiger partial charge on any atom is -0.355 e. The number of nitrogens with one attached hydrogen (secondary N) is 2. The average molecular weight is 497 g/mol. The number of carbonyl (C=O) groups excluding carboxylic acids is 1. The molecule has 0 radical (unpaired) electrons. The fourth-order valence-electron chi connectivity index (χ4n) is 4.86. The molecule has 4 rings (SSSR count). The maximum Gasteiger partial charge on any atom is 0.393 e. The van der Waals surface area contributed by atoms with Gasteiger partial charge in [0.05, 0.1) is 11.3 Å². The Morgan fingerprint density at radius 2 is 1.60 bits per heavy atom. The predicted octanol–water partition coefficient (Wildman–Crippen LogP) is 5.93. The lowest BCUT2D eigenvalue weighted by Crippen LogP contribution is -2.44. The Balaban J connectivity index is 0.000000320. The smallest absolute Gasteiger partial charge is 0.355 e. The molecule has 1 saturated carbocycles. The van der Waals surface area contributed by atoms with Crippen molar-refractivity contribution in [3.05, 3.63) is 71.3 Å². The summed E-state index contributed by atoms with van der Waals surface area (Å²) < 4.78 is 61.4. The molecule has 3 nitrogen and oxygen atoms in total. The van der Waals surface area contributed by atoms with E-state index in [1.54, 1.807) is 24.3 Å². The second-order valence-electron chi connectivity index (χ2n) is 9.67. The fourth-order valence-corrected chi connectivity index (χ4v) is 4.86. The Morgan fingerprint density at radius 3 is 2.09 bits per heavy atom. The van der Waals surface area contributed by atoms with Crippen molar-refractivity contribution >= 4 is 5.91 Å². The van der Waals surface area contributed by atoms with Gasteiger partial charge in [0, 0.05) is 13.1 Å². The molecule has 35 heavy (non-hydrogen) atoms. The van der Waals surface area contributed by atoms with Crippen molar-refractivity contribution in [2.45, 2.75) is 57.0 Å². The topological polar surface area (TPSA) is 41.1 Å². The number of halogens is 5. The Bertz CT molecular complexity index is 932.